The van der Waals surface area contributed by atoms with Gasteiger partial charge in [0.1, 0.15) is 17.5 Å². The van der Waals surface area contributed by atoms with E-state index in [-0.39, 0.29) is 11.9 Å². The number of carbonyl (C=O) groups excluding carboxylic acids is 1. The van der Waals surface area contributed by atoms with Crippen LogP contribution in [0.15, 0.2) is 60.7 Å². The van der Waals surface area contributed by atoms with E-state index in [0.717, 1.165) is 0 Å². The zero-order chi connectivity index (χ0) is 19.2. The van der Waals surface area contributed by atoms with Gasteiger partial charge in [-0.15, -0.1) is 0 Å². The minimum absolute atomic E-state index is 0.0892. The molecule has 0 spiro atoms. The number of methoxy groups -OCH3 is 2. The van der Waals surface area contributed by atoms with Crippen LogP contribution < -0.4 is 20.1 Å². The first-order valence-corrected chi connectivity index (χ1v) is 8.95. The van der Waals surface area contributed by atoms with Crippen molar-refractivity contribution in [3.05, 3.63) is 66.2 Å². The molecule has 0 aliphatic carbocycles. The summed E-state index contributed by atoms with van der Waals surface area (Å²) in [5.41, 5.74) is 1.83. The van der Waals surface area contributed by atoms with Crippen molar-refractivity contribution in [3.63, 3.8) is 0 Å². The lowest BCUT2D eigenvalue weighted by molar-refractivity contribution is -0.682. The minimum atomic E-state index is -0.0892. The van der Waals surface area contributed by atoms with Crippen LogP contribution in [0.5, 0.6) is 11.5 Å². The fourth-order valence-electron chi connectivity index (χ4n) is 3.17. The number of amides is 1. The fraction of sp³-hybridized carbons (Fsp3) is 0.227. The number of carbonyl (C=O) groups is 1. The smallest absolute Gasteiger partial charge is 0.279 e. The standard InChI is InChI=1S/C22H24N2O3/c1-15(18-10-6-8-16-7-4-5-9-19(16)18)23-14-22(25)24-20-13-17(26-2)11-12-21(20)27-3/h4-13,15,23H,14H2,1-3H3,(H,24,25)/p+1/t15-/m1/s1. The third-order valence-corrected chi connectivity index (χ3v) is 4.65. The summed E-state index contributed by atoms with van der Waals surface area (Å²) in [5, 5.41) is 7.37. The number of fused-ring (bicyclic) bond motifs is 1. The maximum atomic E-state index is 12.4. The molecule has 140 valence electrons. The second-order valence-electron chi connectivity index (χ2n) is 6.41. The van der Waals surface area contributed by atoms with Crippen molar-refractivity contribution in [1.29, 1.82) is 0 Å². The zero-order valence-electron chi connectivity index (χ0n) is 15.9. The second-order valence-corrected chi connectivity index (χ2v) is 6.41. The molecule has 5 nitrogen and oxygen atoms in total. The highest BCUT2D eigenvalue weighted by atomic mass is 16.5. The minimum Gasteiger partial charge on any atom is -0.497 e. The van der Waals surface area contributed by atoms with E-state index < -0.39 is 0 Å². The number of nitrogens with one attached hydrogen (secondary N) is 1. The Morgan fingerprint density at radius 1 is 1.04 bits per heavy atom. The fourth-order valence-corrected chi connectivity index (χ4v) is 3.17. The predicted molar refractivity (Wildman–Crippen MR) is 107 cm³/mol. The van der Waals surface area contributed by atoms with E-state index in [1.807, 2.05) is 17.4 Å². The number of hydrogen-bond acceptors (Lipinski definition) is 3. The highest BCUT2D eigenvalue weighted by Gasteiger charge is 2.15. The summed E-state index contributed by atoms with van der Waals surface area (Å²) in [6.45, 7) is 2.42. The van der Waals surface area contributed by atoms with E-state index in [4.69, 9.17) is 9.47 Å². The molecule has 3 aromatic rings. The first kappa shape index (κ1) is 18.7. The van der Waals surface area contributed by atoms with Crippen molar-refractivity contribution in [3.8, 4) is 11.5 Å². The van der Waals surface area contributed by atoms with Crippen LogP contribution in [0.25, 0.3) is 10.8 Å². The molecule has 0 fully saturated rings. The molecule has 1 atom stereocenters. The summed E-state index contributed by atoms with van der Waals surface area (Å²) in [5.74, 6) is 1.18. The quantitative estimate of drug-likeness (QED) is 0.676. The van der Waals surface area contributed by atoms with Gasteiger partial charge in [0, 0.05) is 11.6 Å². The van der Waals surface area contributed by atoms with Gasteiger partial charge in [-0.1, -0.05) is 42.5 Å². The van der Waals surface area contributed by atoms with Crippen molar-refractivity contribution in [1.82, 2.24) is 0 Å². The highest BCUT2D eigenvalue weighted by molar-refractivity contribution is 5.93. The van der Waals surface area contributed by atoms with Gasteiger partial charge in [-0.2, -0.15) is 0 Å². The molecular weight excluding hydrogens is 340 g/mol. The van der Waals surface area contributed by atoms with Crippen LogP contribution in [-0.4, -0.2) is 26.7 Å². The highest BCUT2D eigenvalue weighted by Crippen LogP contribution is 2.28. The molecule has 0 saturated carbocycles. The van der Waals surface area contributed by atoms with Crippen LogP contribution >= 0.6 is 0 Å². The van der Waals surface area contributed by atoms with Crippen molar-refractivity contribution >= 4 is 22.4 Å². The lowest BCUT2D eigenvalue weighted by Gasteiger charge is -2.15. The summed E-state index contributed by atoms with van der Waals surface area (Å²) in [6, 6.07) is 20.1. The predicted octanol–water partition coefficient (Wildman–Crippen LogP) is 3.12. The molecule has 0 unspecified atom stereocenters. The van der Waals surface area contributed by atoms with Crippen LogP contribution in [-0.2, 0) is 4.79 Å². The molecule has 0 saturated heterocycles. The van der Waals surface area contributed by atoms with Gasteiger partial charge in [0.05, 0.1) is 19.9 Å². The Bertz CT molecular complexity index is 934. The molecule has 0 heterocycles. The van der Waals surface area contributed by atoms with Crippen molar-refractivity contribution < 1.29 is 19.6 Å². The van der Waals surface area contributed by atoms with E-state index in [0.29, 0.717) is 23.7 Å². The number of anilines is 1. The lowest BCUT2D eigenvalue weighted by Crippen LogP contribution is -2.86. The topological polar surface area (TPSA) is 64.2 Å². The van der Waals surface area contributed by atoms with Gasteiger partial charge in [0.2, 0.25) is 0 Å². The average molecular weight is 365 g/mol. The maximum absolute atomic E-state index is 12.4. The van der Waals surface area contributed by atoms with Gasteiger partial charge in [0.25, 0.3) is 5.91 Å². The Morgan fingerprint density at radius 3 is 2.59 bits per heavy atom. The van der Waals surface area contributed by atoms with E-state index >= 15 is 0 Å². The van der Waals surface area contributed by atoms with E-state index in [9.17, 15) is 4.79 Å². The summed E-state index contributed by atoms with van der Waals surface area (Å²) in [4.78, 5) is 12.4. The third-order valence-electron chi connectivity index (χ3n) is 4.65. The molecule has 3 rings (SSSR count). The largest absolute Gasteiger partial charge is 0.497 e. The van der Waals surface area contributed by atoms with Crippen molar-refractivity contribution in [2.24, 2.45) is 0 Å². The first-order chi connectivity index (χ1) is 13.1. The van der Waals surface area contributed by atoms with Crippen molar-refractivity contribution in [2.75, 3.05) is 26.1 Å². The lowest BCUT2D eigenvalue weighted by atomic mass is 10.00. The molecule has 0 aliphatic heterocycles. The van der Waals surface area contributed by atoms with E-state index in [1.165, 1.54) is 16.3 Å². The van der Waals surface area contributed by atoms with Crippen LogP contribution in [0.1, 0.15) is 18.5 Å². The third kappa shape index (κ3) is 4.38. The summed E-state index contributed by atoms with van der Waals surface area (Å²) < 4.78 is 10.5. The van der Waals surface area contributed by atoms with Crippen LogP contribution in [0, 0.1) is 0 Å². The Balaban J connectivity index is 1.67. The molecule has 1 amide bonds. The van der Waals surface area contributed by atoms with Crippen LogP contribution in [0.2, 0.25) is 0 Å². The van der Waals surface area contributed by atoms with Gasteiger partial charge in [0.15, 0.2) is 6.54 Å². The summed E-state index contributed by atoms with van der Waals surface area (Å²) in [6.07, 6.45) is 0. The molecule has 27 heavy (non-hydrogen) atoms. The number of rotatable bonds is 7. The van der Waals surface area contributed by atoms with Gasteiger partial charge in [-0.25, -0.2) is 0 Å². The molecular formula is C22H25N2O3+. The van der Waals surface area contributed by atoms with E-state index in [1.54, 1.807) is 32.4 Å². The number of nitrogens with two attached hydrogens (primary N) is 1. The van der Waals surface area contributed by atoms with Crippen LogP contribution in [0.4, 0.5) is 5.69 Å². The van der Waals surface area contributed by atoms with Crippen LogP contribution in [0.3, 0.4) is 0 Å². The Labute approximate surface area is 159 Å². The number of hydrogen-bond donors (Lipinski definition) is 2. The first-order valence-electron chi connectivity index (χ1n) is 8.95. The maximum Gasteiger partial charge on any atom is 0.279 e. The molecule has 0 aromatic heterocycles. The zero-order valence-corrected chi connectivity index (χ0v) is 15.9. The number of benzene rings is 3. The number of quaternary nitrogens is 1. The monoisotopic (exact) mass is 365 g/mol. The molecule has 0 aliphatic rings. The molecule has 3 N–H and O–H groups in total. The second kappa shape index (κ2) is 8.56. The number of ether oxygens (including phenoxy) is 2. The summed E-state index contributed by atoms with van der Waals surface area (Å²) in [7, 11) is 3.17. The normalized spacial score (nSPS) is 11.8. The van der Waals surface area contributed by atoms with Gasteiger partial charge in [-0.05, 0) is 29.8 Å². The molecule has 0 bridgehead atoms. The van der Waals surface area contributed by atoms with Crippen molar-refractivity contribution in [2.45, 2.75) is 13.0 Å². The van der Waals surface area contributed by atoms with Gasteiger partial charge < -0.3 is 20.1 Å². The van der Waals surface area contributed by atoms with E-state index in [2.05, 4.69) is 42.6 Å². The average Bonchev–Trinajstić information content (AvgIpc) is 2.71. The Morgan fingerprint density at radius 2 is 1.81 bits per heavy atom. The molecule has 0 radical (unpaired) electrons. The molecule has 5 heteroatoms. The Hall–Kier alpha value is -3.05. The molecule has 3 aromatic carbocycles. The SMILES string of the molecule is COc1ccc(OC)c(NC(=O)C[NH2+][C@H](C)c2cccc3ccccc23)c1. The Kier molecular flexibility index (Phi) is 5.94. The summed E-state index contributed by atoms with van der Waals surface area (Å²) >= 11 is 0. The van der Waals surface area contributed by atoms with Gasteiger partial charge >= 0.3 is 0 Å². The van der Waals surface area contributed by atoms with Gasteiger partial charge in [-0.3, -0.25) is 4.79 Å².